The number of carbonyl (C=O) groups is 2. The second-order valence-electron chi connectivity index (χ2n) is 1.97. The lowest BCUT2D eigenvalue weighted by molar-refractivity contribution is -0.135. The molecule has 0 amide bonds. The average Bonchev–Trinajstić information content (AvgIpc) is 2.05. The van der Waals surface area contributed by atoms with Crippen molar-refractivity contribution in [2.24, 2.45) is 0 Å². The Hall–Kier alpha value is -1.78. The maximum Gasteiger partial charge on any atom is 0.366 e. The van der Waals surface area contributed by atoms with Crippen LogP contribution in [0.1, 0.15) is 17.4 Å². The van der Waals surface area contributed by atoms with E-state index in [4.69, 9.17) is 0 Å². The van der Waals surface area contributed by atoms with Gasteiger partial charge >= 0.3 is 11.9 Å². The molecule has 0 N–H and O–H groups in total. The number of nitrogens with zero attached hydrogens (tertiary/aromatic N) is 2. The van der Waals surface area contributed by atoms with Gasteiger partial charge in [0.2, 0.25) is 0 Å². The summed E-state index contributed by atoms with van der Waals surface area (Å²) in [4.78, 5) is 28.5. The molecule has 0 unspecified atom stereocenters. The molecule has 0 aliphatic rings. The molecule has 0 saturated carbocycles. The number of ether oxygens (including phenoxy) is 1. The first-order valence-electron chi connectivity index (χ1n) is 3.19. The molecule has 0 fully saturated rings. The first kappa shape index (κ1) is 8.32. The van der Waals surface area contributed by atoms with Crippen LogP contribution in [0.3, 0.4) is 0 Å². The third kappa shape index (κ3) is 2.12. The zero-order valence-corrected chi connectivity index (χ0v) is 6.35. The predicted octanol–water partition coefficient (Wildman–Crippen LogP) is 0.180. The first-order chi connectivity index (χ1) is 5.70. The van der Waals surface area contributed by atoms with Crippen molar-refractivity contribution in [3.8, 4) is 0 Å². The molecule has 62 valence electrons. The topological polar surface area (TPSA) is 69.2 Å². The van der Waals surface area contributed by atoms with Gasteiger partial charge < -0.3 is 4.74 Å². The highest BCUT2D eigenvalue weighted by Crippen LogP contribution is 1.93. The van der Waals surface area contributed by atoms with Crippen LogP contribution in [-0.4, -0.2) is 21.9 Å². The number of rotatable bonds is 1. The van der Waals surface area contributed by atoms with Crippen LogP contribution in [0.25, 0.3) is 0 Å². The molecule has 1 aromatic rings. The van der Waals surface area contributed by atoms with Gasteiger partial charge in [0.25, 0.3) is 0 Å². The Morgan fingerprint density at radius 2 is 2.17 bits per heavy atom. The van der Waals surface area contributed by atoms with Crippen molar-refractivity contribution >= 4 is 11.9 Å². The summed E-state index contributed by atoms with van der Waals surface area (Å²) in [5.41, 5.74) is 0.0210. The van der Waals surface area contributed by atoms with Crippen molar-refractivity contribution in [1.82, 2.24) is 9.97 Å². The summed E-state index contributed by atoms with van der Waals surface area (Å²) in [5, 5.41) is 0. The standard InChI is InChI=1S/C7H6N2O3/c1-5(10)12-7(11)6-4-8-2-3-9-6/h2-4H,1H3. The van der Waals surface area contributed by atoms with Gasteiger partial charge in [-0.25, -0.2) is 9.78 Å². The zero-order valence-electron chi connectivity index (χ0n) is 6.35. The molecule has 5 heteroatoms. The van der Waals surface area contributed by atoms with Crippen LogP contribution in [0.5, 0.6) is 0 Å². The number of hydrogen-bond donors (Lipinski definition) is 0. The van der Waals surface area contributed by atoms with Crippen LogP contribution < -0.4 is 0 Å². The molecule has 0 atom stereocenters. The van der Waals surface area contributed by atoms with Gasteiger partial charge in [-0.15, -0.1) is 0 Å². The van der Waals surface area contributed by atoms with Crippen LogP contribution in [0.4, 0.5) is 0 Å². The van der Waals surface area contributed by atoms with Crippen LogP contribution in [0, 0.1) is 0 Å². The second-order valence-corrected chi connectivity index (χ2v) is 1.97. The SMILES string of the molecule is CC(=O)OC(=O)c1cnccn1. The molecule has 0 saturated heterocycles. The molecule has 0 bridgehead atoms. The molecule has 1 heterocycles. The fraction of sp³-hybridized carbons (Fsp3) is 0.143. The summed E-state index contributed by atoms with van der Waals surface area (Å²) in [6, 6.07) is 0. The summed E-state index contributed by atoms with van der Waals surface area (Å²) in [6.07, 6.45) is 3.99. The molecule has 0 radical (unpaired) electrons. The van der Waals surface area contributed by atoms with Gasteiger partial charge in [-0.2, -0.15) is 0 Å². The minimum absolute atomic E-state index is 0.0210. The lowest BCUT2D eigenvalue weighted by Gasteiger charge is -1.96. The summed E-state index contributed by atoms with van der Waals surface area (Å²) in [6.45, 7) is 1.15. The molecule has 0 aliphatic carbocycles. The molecule has 12 heavy (non-hydrogen) atoms. The highest BCUT2D eigenvalue weighted by atomic mass is 16.6. The Balaban J connectivity index is 2.73. The first-order valence-corrected chi connectivity index (χ1v) is 3.19. The van der Waals surface area contributed by atoms with Gasteiger partial charge in [0.15, 0.2) is 5.69 Å². The number of esters is 2. The van der Waals surface area contributed by atoms with Gasteiger partial charge in [0.1, 0.15) is 0 Å². The molecular weight excluding hydrogens is 160 g/mol. The van der Waals surface area contributed by atoms with Crippen molar-refractivity contribution in [3.63, 3.8) is 0 Å². The van der Waals surface area contributed by atoms with E-state index in [9.17, 15) is 9.59 Å². The fourth-order valence-corrected chi connectivity index (χ4v) is 0.587. The molecule has 0 aromatic carbocycles. The van der Waals surface area contributed by atoms with Gasteiger partial charge in [-0.05, 0) is 0 Å². The summed E-state index contributed by atoms with van der Waals surface area (Å²) in [5.74, 6) is -1.44. The van der Waals surface area contributed by atoms with Crippen molar-refractivity contribution in [2.75, 3.05) is 0 Å². The largest absolute Gasteiger partial charge is 0.388 e. The molecule has 1 aromatic heterocycles. The van der Waals surface area contributed by atoms with Crippen molar-refractivity contribution in [1.29, 1.82) is 0 Å². The fourth-order valence-electron chi connectivity index (χ4n) is 0.587. The van der Waals surface area contributed by atoms with Gasteiger partial charge in [-0.1, -0.05) is 0 Å². The Kier molecular flexibility index (Phi) is 2.47. The van der Waals surface area contributed by atoms with Crippen molar-refractivity contribution in [2.45, 2.75) is 6.92 Å². The van der Waals surface area contributed by atoms with Gasteiger partial charge in [0.05, 0.1) is 6.20 Å². The zero-order chi connectivity index (χ0) is 8.97. The maximum absolute atomic E-state index is 10.9. The number of hydrogen-bond acceptors (Lipinski definition) is 5. The van der Waals surface area contributed by atoms with Gasteiger partial charge in [-0.3, -0.25) is 9.78 Å². The third-order valence-electron chi connectivity index (χ3n) is 1.01. The Bertz CT molecular complexity index is 297. The van der Waals surface area contributed by atoms with Crippen molar-refractivity contribution in [3.05, 3.63) is 24.3 Å². The van der Waals surface area contributed by atoms with Crippen LogP contribution in [0.2, 0.25) is 0 Å². The third-order valence-corrected chi connectivity index (χ3v) is 1.01. The predicted molar refractivity (Wildman–Crippen MR) is 38.1 cm³/mol. The lowest BCUT2D eigenvalue weighted by atomic mass is 10.5. The van der Waals surface area contributed by atoms with E-state index in [2.05, 4.69) is 14.7 Å². The molecule has 5 nitrogen and oxygen atoms in total. The monoisotopic (exact) mass is 166 g/mol. The Morgan fingerprint density at radius 3 is 2.67 bits per heavy atom. The quantitative estimate of drug-likeness (QED) is 0.439. The van der Waals surface area contributed by atoms with Crippen LogP contribution in [-0.2, 0) is 9.53 Å². The number of carbonyl (C=O) groups excluding carboxylic acids is 2. The molecule has 0 spiro atoms. The number of aromatic nitrogens is 2. The van der Waals surface area contributed by atoms with Crippen LogP contribution >= 0.6 is 0 Å². The van der Waals surface area contributed by atoms with E-state index in [0.29, 0.717) is 0 Å². The Morgan fingerprint density at radius 1 is 1.42 bits per heavy atom. The summed E-state index contributed by atoms with van der Waals surface area (Å²) >= 11 is 0. The maximum atomic E-state index is 10.9. The van der Waals surface area contributed by atoms with E-state index >= 15 is 0 Å². The molecule has 0 aliphatic heterocycles. The van der Waals surface area contributed by atoms with E-state index in [-0.39, 0.29) is 5.69 Å². The highest BCUT2D eigenvalue weighted by Gasteiger charge is 2.10. The highest BCUT2D eigenvalue weighted by molar-refractivity contribution is 5.94. The summed E-state index contributed by atoms with van der Waals surface area (Å²) in [7, 11) is 0. The molecular formula is C7H6N2O3. The molecule has 1 rings (SSSR count). The van der Waals surface area contributed by atoms with E-state index in [1.54, 1.807) is 0 Å². The smallest absolute Gasteiger partial charge is 0.366 e. The second kappa shape index (κ2) is 3.56. The van der Waals surface area contributed by atoms with Crippen molar-refractivity contribution < 1.29 is 14.3 Å². The average molecular weight is 166 g/mol. The van der Waals surface area contributed by atoms with Crippen LogP contribution in [0.15, 0.2) is 18.6 Å². The lowest BCUT2D eigenvalue weighted by Crippen LogP contribution is -2.10. The van der Waals surface area contributed by atoms with E-state index in [1.807, 2.05) is 0 Å². The van der Waals surface area contributed by atoms with E-state index < -0.39 is 11.9 Å². The van der Waals surface area contributed by atoms with Gasteiger partial charge in [0, 0.05) is 19.3 Å². The summed E-state index contributed by atoms with van der Waals surface area (Å²) < 4.78 is 4.26. The minimum atomic E-state index is -0.782. The minimum Gasteiger partial charge on any atom is -0.388 e. The normalized spacial score (nSPS) is 9.08. The Labute approximate surface area is 68.4 Å². The van der Waals surface area contributed by atoms with E-state index in [0.717, 1.165) is 6.92 Å². The van der Waals surface area contributed by atoms with E-state index in [1.165, 1.54) is 18.6 Å².